The molecule has 1 N–H and O–H groups in total. The molecule has 0 radical (unpaired) electrons. The molecule has 0 bridgehead atoms. The van der Waals surface area contributed by atoms with Gasteiger partial charge in [-0.15, -0.1) is 0 Å². The molecule has 2 aromatic rings. The Morgan fingerprint density at radius 2 is 2.00 bits per heavy atom. The number of anilines is 1. The van der Waals surface area contributed by atoms with E-state index in [4.69, 9.17) is 0 Å². The molecule has 6 heteroatoms. The number of aromatic nitrogens is 2. The van der Waals surface area contributed by atoms with Gasteiger partial charge in [-0.25, -0.2) is 4.39 Å². The highest BCUT2D eigenvalue weighted by Gasteiger charge is 2.18. The van der Waals surface area contributed by atoms with E-state index in [1.54, 1.807) is 12.1 Å². The molecule has 5 nitrogen and oxygen atoms in total. The lowest BCUT2D eigenvalue weighted by atomic mass is 10.1. The van der Waals surface area contributed by atoms with E-state index < -0.39 is 0 Å². The molecular formula is C19H25FN4O. The lowest BCUT2D eigenvalue weighted by Crippen LogP contribution is -2.36. The molecule has 1 fully saturated rings. The Hall–Kier alpha value is -2.37. The number of hydrogen-bond donors (Lipinski definition) is 1. The van der Waals surface area contributed by atoms with Crippen LogP contribution in [0.15, 0.2) is 24.3 Å². The lowest BCUT2D eigenvalue weighted by Gasteiger charge is -2.19. The maximum Gasteiger partial charge on any atom is 0.251 e. The molecule has 1 amide bonds. The fourth-order valence-electron chi connectivity index (χ4n) is 3.33. The van der Waals surface area contributed by atoms with Gasteiger partial charge in [0.2, 0.25) is 0 Å². The van der Waals surface area contributed by atoms with Gasteiger partial charge >= 0.3 is 0 Å². The topological polar surface area (TPSA) is 50.2 Å². The Morgan fingerprint density at radius 1 is 1.28 bits per heavy atom. The highest BCUT2D eigenvalue weighted by Crippen LogP contribution is 2.24. The molecule has 3 rings (SSSR count). The number of carbonyl (C=O) groups is 1. The number of amides is 1. The van der Waals surface area contributed by atoms with Gasteiger partial charge in [-0.3, -0.25) is 9.48 Å². The second kappa shape index (κ2) is 7.25. The molecule has 1 saturated heterocycles. The van der Waals surface area contributed by atoms with E-state index in [9.17, 15) is 9.18 Å². The monoisotopic (exact) mass is 344 g/mol. The first-order valence-corrected chi connectivity index (χ1v) is 8.80. The van der Waals surface area contributed by atoms with Crippen LogP contribution < -0.4 is 10.2 Å². The first kappa shape index (κ1) is 17.5. The average Bonchev–Trinajstić information content (AvgIpc) is 3.17. The Balaban J connectivity index is 1.64. The number of nitrogens with zero attached hydrogens (tertiary/aromatic N) is 3. The van der Waals surface area contributed by atoms with Crippen LogP contribution in [0.1, 0.15) is 41.5 Å². The van der Waals surface area contributed by atoms with Gasteiger partial charge in [-0.1, -0.05) is 0 Å². The van der Waals surface area contributed by atoms with Crippen molar-refractivity contribution in [2.75, 3.05) is 18.0 Å². The Labute approximate surface area is 147 Å². The van der Waals surface area contributed by atoms with Crippen molar-refractivity contribution in [2.24, 2.45) is 0 Å². The molecule has 1 aliphatic heterocycles. The van der Waals surface area contributed by atoms with Gasteiger partial charge in [-0.2, -0.15) is 5.10 Å². The highest BCUT2D eigenvalue weighted by molar-refractivity contribution is 5.94. The van der Waals surface area contributed by atoms with Gasteiger partial charge in [0.1, 0.15) is 5.82 Å². The van der Waals surface area contributed by atoms with Crippen LogP contribution in [0.3, 0.4) is 0 Å². The Morgan fingerprint density at radius 3 is 2.60 bits per heavy atom. The number of hydrogen-bond acceptors (Lipinski definition) is 3. The number of benzene rings is 1. The van der Waals surface area contributed by atoms with E-state index in [2.05, 4.69) is 10.4 Å². The quantitative estimate of drug-likeness (QED) is 0.907. The second-order valence-electron chi connectivity index (χ2n) is 6.84. The molecule has 25 heavy (non-hydrogen) atoms. The summed E-state index contributed by atoms with van der Waals surface area (Å²) in [5.41, 5.74) is 2.95. The summed E-state index contributed by atoms with van der Waals surface area (Å²) in [6, 6.07) is 6.63. The van der Waals surface area contributed by atoms with E-state index in [0.29, 0.717) is 17.8 Å². The molecule has 1 aromatic carbocycles. The largest absolute Gasteiger partial charge is 0.369 e. The highest BCUT2D eigenvalue weighted by atomic mass is 19.1. The van der Waals surface area contributed by atoms with Crippen molar-refractivity contribution in [3.8, 4) is 0 Å². The summed E-state index contributed by atoms with van der Waals surface area (Å²) in [7, 11) is 0. The minimum atomic E-state index is -0.333. The molecule has 1 aliphatic rings. The molecule has 1 aromatic heterocycles. The minimum absolute atomic E-state index is 0.105. The Bertz CT molecular complexity index is 765. The number of rotatable bonds is 5. The van der Waals surface area contributed by atoms with E-state index >= 15 is 0 Å². The number of aryl methyl sites for hydroxylation is 2. The van der Waals surface area contributed by atoms with Gasteiger partial charge in [0.05, 0.1) is 17.9 Å². The summed E-state index contributed by atoms with van der Waals surface area (Å²) < 4.78 is 16.2. The van der Waals surface area contributed by atoms with Gasteiger partial charge in [0, 0.05) is 30.4 Å². The van der Waals surface area contributed by atoms with Crippen LogP contribution in [0.4, 0.5) is 10.1 Å². The zero-order valence-corrected chi connectivity index (χ0v) is 15.1. The van der Waals surface area contributed by atoms with Crippen molar-refractivity contribution in [2.45, 2.75) is 46.2 Å². The number of nitrogens with one attached hydrogen (secondary N) is 1. The van der Waals surface area contributed by atoms with Gasteiger partial charge in [0.15, 0.2) is 0 Å². The minimum Gasteiger partial charge on any atom is -0.369 e. The van der Waals surface area contributed by atoms with E-state index in [0.717, 1.165) is 37.3 Å². The molecule has 0 saturated carbocycles. The molecule has 2 heterocycles. The van der Waals surface area contributed by atoms with Gasteiger partial charge in [0.25, 0.3) is 5.91 Å². The van der Waals surface area contributed by atoms with Crippen LogP contribution in [0, 0.1) is 19.7 Å². The Kier molecular flexibility index (Phi) is 5.06. The van der Waals surface area contributed by atoms with Crippen LogP contribution in [0.5, 0.6) is 0 Å². The van der Waals surface area contributed by atoms with E-state index in [-0.39, 0.29) is 17.8 Å². The van der Waals surface area contributed by atoms with Crippen LogP contribution in [0.2, 0.25) is 0 Å². The fraction of sp³-hybridized carbons (Fsp3) is 0.474. The van der Waals surface area contributed by atoms with E-state index in [1.165, 1.54) is 6.07 Å². The SMILES string of the molecule is Cc1cc(C)n(C[C@H](C)NC(=O)c2ccc(N3CCCC3)c(F)c2)n1. The predicted molar refractivity (Wildman–Crippen MR) is 96.5 cm³/mol. The van der Waals surface area contributed by atoms with Crippen LogP contribution in [0.25, 0.3) is 0 Å². The zero-order chi connectivity index (χ0) is 18.0. The number of halogens is 1. The normalized spacial score (nSPS) is 15.4. The summed E-state index contributed by atoms with van der Waals surface area (Å²) in [4.78, 5) is 14.4. The van der Waals surface area contributed by atoms with Gasteiger partial charge in [-0.05, 0) is 57.9 Å². The van der Waals surface area contributed by atoms with Crippen molar-refractivity contribution in [3.05, 3.63) is 47.0 Å². The first-order valence-electron chi connectivity index (χ1n) is 8.80. The third kappa shape index (κ3) is 4.00. The lowest BCUT2D eigenvalue weighted by molar-refractivity contribution is 0.0935. The smallest absolute Gasteiger partial charge is 0.251 e. The summed E-state index contributed by atoms with van der Waals surface area (Å²) in [6.07, 6.45) is 2.18. The standard InChI is InChI=1S/C19H25FN4O/c1-13-10-15(3)24(22-13)12-14(2)21-19(25)16-6-7-18(17(20)11-16)23-8-4-5-9-23/h6-7,10-11,14H,4-5,8-9,12H2,1-3H3,(H,21,25)/t14-/m0/s1. The summed E-state index contributed by atoms with van der Waals surface area (Å²) in [5, 5.41) is 7.32. The molecule has 0 aliphatic carbocycles. The predicted octanol–water partition coefficient (Wildman–Crippen LogP) is 3.06. The van der Waals surface area contributed by atoms with Crippen molar-refractivity contribution in [1.82, 2.24) is 15.1 Å². The van der Waals surface area contributed by atoms with Gasteiger partial charge < -0.3 is 10.2 Å². The third-order valence-electron chi connectivity index (χ3n) is 4.58. The molecule has 1 atom stereocenters. The van der Waals surface area contributed by atoms with Crippen LogP contribution >= 0.6 is 0 Å². The summed E-state index contributed by atoms with van der Waals surface area (Å²) >= 11 is 0. The van der Waals surface area contributed by atoms with E-state index in [1.807, 2.05) is 36.4 Å². The third-order valence-corrected chi connectivity index (χ3v) is 4.58. The van der Waals surface area contributed by atoms with Crippen molar-refractivity contribution in [3.63, 3.8) is 0 Å². The number of carbonyl (C=O) groups excluding carboxylic acids is 1. The molecular weight excluding hydrogens is 319 g/mol. The van der Waals surface area contributed by atoms with Crippen molar-refractivity contribution < 1.29 is 9.18 Å². The molecule has 134 valence electrons. The van der Waals surface area contributed by atoms with Crippen molar-refractivity contribution >= 4 is 11.6 Å². The van der Waals surface area contributed by atoms with Crippen LogP contribution in [-0.4, -0.2) is 34.8 Å². The summed E-state index contributed by atoms with van der Waals surface area (Å²) in [6.45, 7) is 8.19. The maximum absolute atomic E-state index is 14.4. The molecule has 0 unspecified atom stereocenters. The average molecular weight is 344 g/mol. The molecule has 0 spiro atoms. The maximum atomic E-state index is 14.4. The van der Waals surface area contributed by atoms with Crippen molar-refractivity contribution in [1.29, 1.82) is 0 Å². The van der Waals surface area contributed by atoms with Crippen LogP contribution in [-0.2, 0) is 6.54 Å². The second-order valence-corrected chi connectivity index (χ2v) is 6.84. The summed E-state index contributed by atoms with van der Waals surface area (Å²) in [5.74, 6) is -0.596. The first-order chi connectivity index (χ1) is 11.9. The zero-order valence-electron chi connectivity index (χ0n) is 15.1. The fourth-order valence-corrected chi connectivity index (χ4v) is 3.33.